The van der Waals surface area contributed by atoms with Gasteiger partial charge in [0.1, 0.15) is 5.75 Å². The third kappa shape index (κ3) is 2.99. The van der Waals surface area contributed by atoms with Gasteiger partial charge in [0.15, 0.2) is 6.10 Å². The van der Waals surface area contributed by atoms with Gasteiger partial charge in [0.05, 0.1) is 4.88 Å². The fourth-order valence-corrected chi connectivity index (χ4v) is 2.51. The van der Waals surface area contributed by atoms with Crippen LogP contribution in [0.3, 0.4) is 0 Å². The Hall–Kier alpha value is -2.67. The van der Waals surface area contributed by atoms with Crippen LogP contribution in [0.1, 0.15) is 29.3 Å². The summed E-state index contributed by atoms with van der Waals surface area (Å²) in [7, 11) is 0. The molecule has 0 radical (unpaired) electrons. The molecule has 2 heterocycles. The lowest BCUT2D eigenvalue weighted by atomic mass is 10.2. The van der Waals surface area contributed by atoms with Crippen LogP contribution >= 0.6 is 11.3 Å². The molecule has 0 aliphatic carbocycles. The molecule has 0 saturated carbocycles. The van der Waals surface area contributed by atoms with E-state index in [9.17, 15) is 4.79 Å². The van der Waals surface area contributed by atoms with Crippen molar-refractivity contribution in [1.82, 2.24) is 10.1 Å². The van der Waals surface area contributed by atoms with Gasteiger partial charge in [-0.2, -0.15) is 4.98 Å². The molecule has 1 atom stereocenters. The zero-order valence-electron chi connectivity index (χ0n) is 11.7. The number of primary amides is 1. The number of nitrogens with two attached hydrogens (primary N) is 1. The summed E-state index contributed by atoms with van der Waals surface area (Å²) in [6.45, 7) is 1.81. The molecule has 1 unspecified atom stereocenters. The zero-order chi connectivity index (χ0) is 15.5. The van der Waals surface area contributed by atoms with Crippen molar-refractivity contribution in [1.29, 1.82) is 0 Å². The van der Waals surface area contributed by atoms with Crippen LogP contribution in [-0.4, -0.2) is 16.0 Å². The molecular weight excluding hydrogens is 302 g/mol. The Morgan fingerprint density at radius 2 is 2.09 bits per heavy atom. The van der Waals surface area contributed by atoms with E-state index >= 15 is 0 Å². The Labute approximate surface area is 130 Å². The number of ether oxygens (including phenoxy) is 1. The molecule has 6 nitrogen and oxygen atoms in total. The number of rotatable bonds is 5. The van der Waals surface area contributed by atoms with Gasteiger partial charge >= 0.3 is 0 Å². The maximum absolute atomic E-state index is 11.0. The van der Waals surface area contributed by atoms with Crippen LogP contribution < -0.4 is 10.5 Å². The van der Waals surface area contributed by atoms with Gasteiger partial charge in [-0.15, -0.1) is 11.3 Å². The van der Waals surface area contributed by atoms with E-state index in [1.165, 1.54) is 11.3 Å². The van der Waals surface area contributed by atoms with E-state index in [1.54, 1.807) is 24.3 Å². The van der Waals surface area contributed by atoms with Crippen LogP contribution in [0.4, 0.5) is 0 Å². The van der Waals surface area contributed by atoms with Gasteiger partial charge in [0.25, 0.3) is 5.89 Å². The summed E-state index contributed by atoms with van der Waals surface area (Å²) >= 11 is 1.54. The van der Waals surface area contributed by atoms with Crippen LogP contribution in [0, 0.1) is 0 Å². The second-order valence-electron chi connectivity index (χ2n) is 4.58. The van der Waals surface area contributed by atoms with Gasteiger partial charge in [-0.3, -0.25) is 4.79 Å². The predicted octanol–water partition coefficient (Wildman–Crippen LogP) is 3.04. The van der Waals surface area contributed by atoms with Crippen molar-refractivity contribution < 1.29 is 14.1 Å². The van der Waals surface area contributed by atoms with E-state index in [0.29, 0.717) is 23.0 Å². The molecule has 112 valence electrons. The lowest BCUT2D eigenvalue weighted by molar-refractivity contribution is 0.1000. The summed E-state index contributed by atoms with van der Waals surface area (Å²) in [5.74, 6) is 1.05. The highest BCUT2D eigenvalue weighted by Crippen LogP contribution is 2.25. The average molecular weight is 315 g/mol. The van der Waals surface area contributed by atoms with Gasteiger partial charge < -0.3 is 15.0 Å². The molecule has 0 fully saturated rings. The number of amides is 1. The average Bonchev–Trinajstić information content (AvgIpc) is 3.19. The van der Waals surface area contributed by atoms with Gasteiger partial charge in [0.2, 0.25) is 11.7 Å². The normalized spacial score (nSPS) is 12.0. The highest BCUT2D eigenvalue weighted by atomic mass is 32.1. The molecule has 0 aliphatic heterocycles. The molecule has 2 aromatic heterocycles. The first-order chi connectivity index (χ1) is 10.6. The summed E-state index contributed by atoms with van der Waals surface area (Å²) in [5, 5.41) is 5.89. The van der Waals surface area contributed by atoms with Crippen molar-refractivity contribution in [3.05, 3.63) is 53.2 Å². The molecule has 3 rings (SSSR count). The minimum atomic E-state index is -0.475. The predicted molar refractivity (Wildman–Crippen MR) is 81.6 cm³/mol. The second kappa shape index (κ2) is 5.98. The minimum absolute atomic E-state index is 0.391. The fraction of sp³-hybridized carbons (Fsp3) is 0.133. The SMILES string of the molecule is CC(Oc1ccc(C(N)=O)cc1)c1nc(-c2cccs2)no1. The molecule has 2 N–H and O–H groups in total. The Bertz CT molecular complexity index is 766. The first-order valence-electron chi connectivity index (χ1n) is 6.57. The number of benzene rings is 1. The molecule has 3 aromatic rings. The summed E-state index contributed by atoms with van der Waals surface area (Å²) in [5.41, 5.74) is 5.62. The second-order valence-corrected chi connectivity index (χ2v) is 5.53. The number of carbonyl (C=O) groups excluding carboxylic acids is 1. The molecule has 0 spiro atoms. The molecule has 22 heavy (non-hydrogen) atoms. The van der Waals surface area contributed by atoms with Crippen molar-refractivity contribution in [2.45, 2.75) is 13.0 Å². The maximum atomic E-state index is 11.0. The topological polar surface area (TPSA) is 91.2 Å². The number of nitrogens with zero attached hydrogens (tertiary/aromatic N) is 2. The minimum Gasteiger partial charge on any atom is -0.481 e. The van der Waals surface area contributed by atoms with Gasteiger partial charge in [-0.05, 0) is 42.6 Å². The first-order valence-corrected chi connectivity index (χ1v) is 7.45. The van der Waals surface area contributed by atoms with E-state index in [4.69, 9.17) is 15.0 Å². The smallest absolute Gasteiger partial charge is 0.267 e. The van der Waals surface area contributed by atoms with Crippen LogP contribution in [0.5, 0.6) is 5.75 Å². The first kappa shape index (κ1) is 14.3. The quantitative estimate of drug-likeness (QED) is 0.781. The number of aromatic nitrogens is 2. The van der Waals surface area contributed by atoms with Gasteiger partial charge in [0, 0.05) is 5.56 Å². The van der Waals surface area contributed by atoms with Crippen molar-refractivity contribution in [3.8, 4) is 16.5 Å². The van der Waals surface area contributed by atoms with Crippen molar-refractivity contribution >= 4 is 17.2 Å². The Kier molecular flexibility index (Phi) is 3.88. The zero-order valence-corrected chi connectivity index (χ0v) is 12.5. The molecule has 0 aliphatic rings. The van der Waals surface area contributed by atoms with Crippen molar-refractivity contribution in [2.24, 2.45) is 5.73 Å². The van der Waals surface area contributed by atoms with Crippen molar-refractivity contribution in [2.75, 3.05) is 0 Å². The molecule has 1 aromatic carbocycles. The summed E-state index contributed by atoms with van der Waals surface area (Å²) in [4.78, 5) is 16.3. The van der Waals surface area contributed by atoms with E-state index < -0.39 is 12.0 Å². The van der Waals surface area contributed by atoms with Crippen LogP contribution in [0.15, 0.2) is 46.3 Å². The monoisotopic (exact) mass is 315 g/mol. The lowest BCUT2D eigenvalue weighted by Gasteiger charge is -2.10. The third-order valence-corrected chi connectivity index (χ3v) is 3.85. The fourth-order valence-electron chi connectivity index (χ4n) is 1.86. The van der Waals surface area contributed by atoms with E-state index in [2.05, 4.69) is 10.1 Å². The highest BCUT2D eigenvalue weighted by Gasteiger charge is 2.17. The summed E-state index contributed by atoms with van der Waals surface area (Å²) < 4.78 is 11.0. The molecule has 1 amide bonds. The summed E-state index contributed by atoms with van der Waals surface area (Å²) in [6.07, 6.45) is -0.402. The molecule has 0 bridgehead atoms. The number of carbonyl (C=O) groups is 1. The third-order valence-electron chi connectivity index (χ3n) is 2.98. The molecular formula is C15H13N3O3S. The molecule has 0 saturated heterocycles. The van der Waals surface area contributed by atoms with Crippen molar-refractivity contribution in [3.63, 3.8) is 0 Å². The maximum Gasteiger partial charge on any atom is 0.267 e. The van der Waals surface area contributed by atoms with Gasteiger partial charge in [-0.1, -0.05) is 11.2 Å². The Balaban J connectivity index is 1.71. The molecule has 7 heteroatoms. The van der Waals surface area contributed by atoms with Crippen LogP contribution in [0.25, 0.3) is 10.7 Å². The van der Waals surface area contributed by atoms with Crippen LogP contribution in [-0.2, 0) is 0 Å². The number of hydrogen-bond donors (Lipinski definition) is 1. The van der Waals surface area contributed by atoms with E-state index in [1.807, 2.05) is 24.4 Å². The highest BCUT2D eigenvalue weighted by molar-refractivity contribution is 7.13. The van der Waals surface area contributed by atoms with Gasteiger partial charge in [-0.25, -0.2) is 0 Å². The largest absolute Gasteiger partial charge is 0.481 e. The lowest BCUT2D eigenvalue weighted by Crippen LogP contribution is -2.10. The van der Waals surface area contributed by atoms with E-state index in [-0.39, 0.29) is 0 Å². The number of thiophene rings is 1. The van der Waals surface area contributed by atoms with E-state index in [0.717, 1.165) is 4.88 Å². The Morgan fingerprint density at radius 3 is 2.73 bits per heavy atom. The van der Waals surface area contributed by atoms with Crippen LogP contribution in [0.2, 0.25) is 0 Å². The summed E-state index contributed by atoms with van der Waals surface area (Å²) in [6, 6.07) is 10.4. The standard InChI is InChI=1S/C15H13N3O3S/c1-9(20-11-6-4-10(5-7-11)13(16)19)15-17-14(18-21-15)12-3-2-8-22-12/h2-9H,1H3,(H2,16,19). The Morgan fingerprint density at radius 1 is 1.32 bits per heavy atom. The number of hydrogen-bond acceptors (Lipinski definition) is 6.